The van der Waals surface area contributed by atoms with E-state index in [0.29, 0.717) is 42.9 Å². The molecule has 6 atom stereocenters. The molecule has 2 N–H and O–H groups in total. The number of halogens is 3. The van der Waals surface area contributed by atoms with Crippen LogP contribution in [0.5, 0.6) is 11.5 Å². The molecule has 5 aliphatic rings. The molecule has 1 spiro atoms. The first-order valence-corrected chi connectivity index (χ1v) is 14.8. The largest absolute Gasteiger partial charge is 0.504 e. The fraction of sp³-hybridized carbons (Fsp3) is 0.562. The van der Waals surface area contributed by atoms with Crippen LogP contribution in [0, 0.1) is 17.2 Å². The Kier molecular flexibility index (Phi) is 6.13. The number of carbonyl (C=O) groups is 1. The number of carbonyl (C=O) groups excluding carboxylic acids is 1. The Morgan fingerprint density at radius 3 is 2.60 bits per heavy atom. The van der Waals surface area contributed by atoms with Gasteiger partial charge in [0.05, 0.1) is 34.7 Å². The van der Waals surface area contributed by atoms with E-state index in [1.165, 1.54) is 12.1 Å². The van der Waals surface area contributed by atoms with Crippen molar-refractivity contribution >= 4 is 5.91 Å². The van der Waals surface area contributed by atoms with Gasteiger partial charge < -0.3 is 19.8 Å². The highest BCUT2D eigenvalue weighted by atomic mass is 19.4. The number of likely N-dealkylation sites (N-methyl/N-ethyl adjacent to an activating group) is 1. The number of likely N-dealkylation sites (tertiary alicyclic amines) is 1. The Morgan fingerprint density at radius 2 is 1.93 bits per heavy atom. The summed E-state index contributed by atoms with van der Waals surface area (Å²) in [6.45, 7) is 0.777. The summed E-state index contributed by atoms with van der Waals surface area (Å²) < 4.78 is 45.4. The zero-order valence-electron chi connectivity index (χ0n) is 23.4. The van der Waals surface area contributed by atoms with Crippen LogP contribution in [0.2, 0.25) is 0 Å². The van der Waals surface area contributed by atoms with E-state index in [0.717, 1.165) is 42.6 Å². The molecule has 7 rings (SSSR count). The minimum absolute atomic E-state index is 0.0118. The first kappa shape index (κ1) is 27.5. The summed E-state index contributed by atoms with van der Waals surface area (Å²) in [4.78, 5) is 17.4. The summed E-state index contributed by atoms with van der Waals surface area (Å²) in [5.74, 6) is 0.693. The fourth-order valence-electron chi connectivity index (χ4n) is 8.48. The van der Waals surface area contributed by atoms with E-state index in [4.69, 9.17) is 4.74 Å². The van der Waals surface area contributed by atoms with E-state index in [9.17, 15) is 33.4 Å². The first-order chi connectivity index (χ1) is 20.0. The molecular weight excluding hydrogens is 547 g/mol. The normalized spacial score (nSPS) is 33.0. The van der Waals surface area contributed by atoms with Crippen molar-refractivity contribution in [2.75, 3.05) is 13.6 Å². The highest BCUT2D eigenvalue weighted by molar-refractivity contribution is 5.77. The Hall–Kier alpha value is -3.29. The molecule has 2 saturated carbocycles. The zero-order chi connectivity index (χ0) is 29.6. The van der Waals surface area contributed by atoms with Crippen LogP contribution in [0.4, 0.5) is 13.2 Å². The van der Waals surface area contributed by atoms with Crippen molar-refractivity contribution < 1.29 is 32.9 Å². The molecule has 0 aromatic heterocycles. The van der Waals surface area contributed by atoms with Crippen molar-refractivity contribution in [3.05, 3.63) is 58.7 Å². The molecule has 1 saturated heterocycles. The van der Waals surface area contributed by atoms with Crippen LogP contribution < -0.4 is 4.74 Å². The number of ether oxygens (including phenoxy) is 1. The Labute approximate surface area is 242 Å². The molecule has 3 unspecified atom stereocenters. The van der Waals surface area contributed by atoms with Gasteiger partial charge >= 0.3 is 6.18 Å². The second-order valence-corrected chi connectivity index (χ2v) is 12.9. The number of nitriles is 1. The van der Waals surface area contributed by atoms with Gasteiger partial charge in [0, 0.05) is 31.6 Å². The number of hydrogen-bond acceptors (Lipinski definition) is 6. The fourth-order valence-corrected chi connectivity index (χ4v) is 8.48. The third-order valence-corrected chi connectivity index (χ3v) is 10.7. The van der Waals surface area contributed by atoms with E-state index in [1.807, 2.05) is 6.07 Å². The van der Waals surface area contributed by atoms with Crippen molar-refractivity contribution in [2.24, 2.45) is 5.92 Å². The predicted molar refractivity (Wildman–Crippen MR) is 146 cm³/mol. The maximum Gasteiger partial charge on any atom is 0.416 e. The van der Waals surface area contributed by atoms with Crippen molar-refractivity contribution in [1.82, 2.24) is 9.80 Å². The van der Waals surface area contributed by atoms with E-state index in [1.54, 1.807) is 18.0 Å². The summed E-state index contributed by atoms with van der Waals surface area (Å²) in [7, 11) is 1.71. The van der Waals surface area contributed by atoms with E-state index >= 15 is 0 Å². The number of phenols is 1. The maximum atomic E-state index is 13.5. The number of aliphatic hydroxyl groups is 1. The van der Waals surface area contributed by atoms with E-state index in [-0.39, 0.29) is 30.5 Å². The lowest BCUT2D eigenvalue weighted by Gasteiger charge is -2.65. The number of piperidine rings is 1. The molecule has 0 radical (unpaired) electrons. The Morgan fingerprint density at radius 1 is 1.19 bits per heavy atom. The number of benzene rings is 2. The Balaban J connectivity index is 1.19. The second-order valence-electron chi connectivity index (χ2n) is 12.9. The number of alkyl halides is 3. The van der Waals surface area contributed by atoms with Gasteiger partial charge in [0.1, 0.15) is 6.10 Å². The monoisotopic (exact) mass is 581 g/mol. The van der Waals surface area contributed by atoms with Crippen molar-refractivity contribution in [2.45, 2.75) is 92.8 Å². The lowest BCUT2D eigenvalue weighted by molar-refractivity contribution is -0.207. The topological polar surface area (TPSA) is 97.0 Å². The van der Waals surface area contributed by atoms with Gasteiger partial charge in [-0.3, -0.25) is 9.69 Å². The summed E-state index contributed by atoms with van der Waals surface area (Å²) in [6.07, 6.45) is -0.595. The van der Waals surface area contributed by atoms with Crippen LogP contribution in [-0.2, 0) is 29.2 Å². The van der Waals surface area contributed by atoms with Gasteiger partial charge in [-0.15, -0.1) is 0 Å². The molecule has 3 aliphatic carbocycles. The molecule has 2 heterocycles. The number of phenolic OH excluding ortho intramolecular Hbond substituents is 1. The maximum absolute atomic E-state index is 13.5. The molecule has 2 bridgehead atoms. The van der Waals surface area contributed by atoms with Crippen LogP contribution in [-0.4, -0.2) is 69.3 Å². The van der Waals surface area contributed by atoms with Crippen LogP contribution in [0.25, 0.3) is 0 Å². The molecule has 2 aliphatic heterocycles. The summed E-state index contributed by atoms with van der Waals surface area (Å²) in [5.41, 5.74) is -0.441. The third-order valence-electron chi connectivity index (χ3n) is 10.7. The highest BCUT2D eigenvalue weighted by Gasteiger charge is 2.75. The number of nitrogens with zero attached hydrogens (tertiary/aromatic N) is 3. The van der Waals surface area contributed by atoms with Gasteiger partial charge in [0.25, 0.3) is 0 Å². The van der Waals surface area contributed by atoms with E-state index < -0.39 is 40.9 Å². The second kappa shape index (κ2) is 9.35. The smallest absolute Gasteiger partial charge is 0.416 e. The SMILES string of the molecule is CN(C(=O)CCc1ccc(C(F)(F)F)cc1)C1CC[C@@]2(O)[C@H]3Cc4ccc(O)c5c4[C@@]2(CC(C#N)N3CC2CC2)C1O5. The molecule has 7 nitrogen and oxygen atoms in total. The highest BCUT2D eigenvalue weighted by Crippen LogP contribution is 2.66. The van der Waals surface area contributed by atoms with Crippen molar-refractivity contribution in [3.8, 4) is 17.6 Å². The number of hydrogen-bond donors (Lipinski definition) is 2. The van der Waals surface area contributed by atoms with Crippen LogP contribution >= 0.6 is 0 Å². The van der Waals surface area contributed by atoms with E-state index in [2.05, 4.69) is 11.0 Å². The summed E-state index contributed by atoms with van der Waals surface area (Å²) in [6, 6.07) is 9.78. The van der Waals surface area contributed by atoms with Gasteiger partial charge in [0.2, 0.25) is 5.91 Å². The first-order valence-electron chi connectivity index (χ1n) is 14.8. The predicted octanol–water partition coefficient (Wildman–Crippen LogP) is 4.33. The molecule has 2 aromatic rings. The quantitative estimate of drug-likeness (QED) is 0.528. The average Bonchev–Trinajstić information content (AvgIpc) is 3.71. The third kappa shape index (κ3) is 3.89. The molecule has 10 heteroatoms. The molecular formula is C32H34F3N3O4. The molecule has 222 valence electrons. The standard InChI is InChI=1S/C32H34F3N3O4/c1-37(26(40)11-6-18-4-8-21(9-5-18)32(33,34)35)23-12-13-31(41)25-14-20-7-10-24(39)28-27(20)30(31,29(23)42-28)15-22(16-36)38(25)17-19-2-3-19/h4-5,7-10,19,22-23,25,29,39,41H,2-3,6,11-15,17H2,1H3/t22?,23?,25-,29?,30+,31-/m1/s1. The lowest BCUT2D eigenvalue weighted by Crippen LogP contribution is -2.79. The molecule has 2 aromatic carbocycles. The van der Waals surface area contributed by atoms with Gasteiger partial charge in [-0.25, -0.2) is 0 Å². The van der Waals surface area contributed by atoms with Crippen LogP contribution in [0.15, 0.2) is 36.4 Å². The van der Waals surface area contributed by atoms with Gasteiger partial charge in [-0.2, -0.15) is 18.4 Å². The number of rotatable bonds is 6. The minimum atomic E-state index is -4.42. The van der Waals surface area contributed by atoms with Crippen LogP contribution in [0.3, 0.4) is 0 Å². The average molecular weight is 582 g/mol. The number of aromatic hydroxyl groups is 1. The lowest BCUT2D eigenvalue weighted by atomic mass is 9.47. The van der Waals surface area contributed by atoms with Crippen molar-refractivity contribution in [1.29, 1.82) is 5.26 Å². The summed E-state index contributed by atoms with van der Waals surface area (Å²) >= 11 is 0. The zero-order valence-corrected chi connectivity index (χ0v) is 23.4. The molecule has 1 amide bonds. The Bertz CT molecular complexity index is 1470. The number of amides is 1. The molecule has 3 fully saturated rings. The number of aryl methyl sites for hydroxylation is 1. The van der Waals surface area contributed by atoms with Gasteiger partial charge in [-0.05, 0) is 80.2 Å². The van der Waals surface area contributed by atoms with Gasteiger partial charge in [0.15, 0.2) is 11.5 Å². The van der Waals surface area contributed by atoms with Crippen LogP contribution in [0.1, 0.15) is 60.8 Å². The van der Waals surface area contributed by atoms with Crippen molar-refractivity contribution in [3.63, 3.8) is 0 Å². The molecule has 42 heavy (non-hydrogen) atoms. The minimum Gasteiger partial charge on any atom is -0.504 e. The van der Waals surface area contributed by atoms with Gasteiger partial charge in [-0.1, -0.05) is 18.2 Å². The summed E-state index contributed by atoms with van der Waals surface area (Å²) in [5, 5.41) is 33.9.